The first kappa shape index (κ1) is 15.1. The number of anilines is 2. The first-order chi connectivity index (χ1) is 10.2. The average molecular weight is 282 g/mol. The number of hydrogen-bond donors (Lipinski definition) is 2. The van der Waals surface area contributed by atoms with Crippen LogP contribution in [0.4, 0.5) is 11.4 Å². The van der Waals surface area contributed by atoms with Crippen molar-refractivity contribution in [2.75, 3.05) is 17.2 Å². The minimum Gasteiger partial charge on any atom is -0.385 e. The molecule has 0 bridgehead atoms. The molecule has 0 atom stereocenters. The van der Waals surface area contributed by atoms with Crippen LogP contribution in [0.25, 0.3) is 0 Å². The van der Waals surface area contributed by atoms with Crippen molar-refractivity contribution >= 4 is 17.3 Å². The molecule has 0 aliphatic rings. The Bertz CT molecular complexity index is 590. The van der Waals surface area contributed by atoms with Crippen molar-refractivity contribution in [2.45, 2.75) is 26.7 Å². The number of aryl methyl sites for hydroxylation is 1. The molecular formula is C18H22N2O. The summed E-state index contributed by atoms with van der Waals surface area (Å²) in [5.74, 6) is -0.0680. The number of carbonyl (C=O) groups excluding carboxylic acids is 1. The molecule has 0 unspecified atom stereocenters. The Morgan fingerprint density at radius 3 is 2.38 bits per heavy atom. The summed E-state index contributed by atoms with van der Waals surface area (Å²) in [5, 5.41) is 6.22. The molecule has 0 aliphatic heterocycles. The number of carbonyl (C=O) groups is 1. The molecule has 3 nitrogen and oxygen atoms in total. The lowest BCUT2D eigenvalue weighted by molar-refractivity contribution is 0.102. The topological polar surface area (TPSA) is 41.1 Å². The molecule has 0 heterocycles. The summed E-state index contributed by atoms with van der Waals surface area (Å²) < 4.78 is 0. The quantitative estimate of drug-likeness (QED) is 0.828. The molecule has 0 aromatic heterocycles. The molecule has 110 valence electrons. The molecule has 2 aromatic rings. The Morgan fingerprint density at radius 2 is 1.71 bits per heavy atom. The largest absolute Gasteiger partial charge is 0.385 e. The molecule has 0 saturated carbocycles. The van der Waals surface area contributed by atoms with Crippen LogP contribution >= 0.6 is 0 Å². The van der Waals surface area contributed by atoms with E-state index >= 15 is 0 Å². The van der Waals surface area contributed by atoms with E-state index in [4.69, 9.17) is 0 Å². The zero-order chi connectivity index (χ0) is 15.1. The van der Waals surface area contributed by atoms with Crippen molar-refractivity contribution in [1.82, 2.24) is 0 Å². The molecule has 21 heavy (non-hydrogen) atoms. The van der Waals surface area contributed by atoms with Gasteiger partial charge in [0.2, 0.25) is 0 Å². The van der Waals surface area contributed by atoms with E-state index in [-0.39, 0.29) is 5.91 Å². The van der Waals surface area contributed by atoms with Crippen molar-refractivity contribution < 1.29 is 4.79 Å². The summed E-state index contributed by atoms with van der Waals surface area (Å²) in [4.78, 5) is 12.3. The van der Waals surface area contributed by atoms with Gasteiger partial charge in [0.15, 0.2) is 0 Å². The SMILES string of the molecule is CCCc1ccccc1NC(=O)c1ccc(NCC)cc1. The van der Waals surface area contributed by atoms with Gasteiger partial charge >= 0.3 is 0 Å². The van der Waals surface area contributed by atoms with Gasteiger partial charge in [-0.3, -0.25) is 4.79 Å². The lowest BCUT2D eigenvalue weighted by Gasteiger charge is -2.11. The molecule has 0 radical (unpaired) electrons. The van der Waals surface area contributed by atoms with E-state index in [0.29, 0.717) is 5.56 Å². The lowest BCUT2D eigenvalue weighted by Crippen LogP contribution is -2.13. The van der Waals surface area contributed by atoms with Gasteiger partial charge in [-0.2, -0.15) is 0 Å². The molecule has 0 spiro atoms. The predicted octanol–water partition coefficient (Wildman–Crippen LogP) is 4.32. The Labute approximate surface area is 126 Å². The summed E-state index contributed by atoms with van der Waals surface area (Å²) in [6.07, 6.45) is 2.03. The Morgan fingerprint density at radius 1 is 1.00 bits per heavy atom. The Hall–Kier alpha value is -2.29. The van der Waals surface area contributed by atoms with Crippen LogP contribution in [-0.2, 0) is 6.42 Å². The third-order valence-corrected chi connectivity index (χ3v) is 3.31. The first-order valence-electron chi connectivity index (χ1n) is 7.47. The van der Waals surface area contributed by atoms with E-state index in [2.05, 4.69) is 23.6 Å². The second-order valence-corrected chi connectivity index (χ2v) is 4.97. The number of nitrogens with one attached hydrogen (secondary N) is 2. The second kappa shape index (κ2) is 7.48. The lowest BCUT2D eigenvalue weighted by atomic mass is 10.1. The van der Waals surface area contributed by atoms with E-state index in [9.17, 15) is 4.79 Å². The van der Waals surface area contributed by atoms with Gasteiger partial charge in [-0.05, 0) is 49.2 Å². The molecule has 0 aliphatic carbocycles. The van der Waals surface area contributed by atoms with Crippen LogP contribution < -0.4 is 10.6 Å². The van der Waals surface area contributed by atoms with Gasteiger partial charge in [-0.15, -0.1) is 0 Å². The van der Waals surface area contributed by atoms with Crippen LogP contribution in [0.15, 0.2) is 48.5 Å². The molecule has 1 amide bonds. The molecule has 2 aromatic carbocycles. The second-order valence-electron chi connectivity index (χ2n) is 4.97. The smallest absolute Gasteiger partial charge is 0.255 e. The van der Waals surface area contributed by atoms with E-state index < -0.39 is 0 Å². The Kier molecular flexibility index (Phi) is 5.38. The summed E-state index contributed by atoms with van der Waals surface area (Å²) >= 11 is 0. The normalized spacial score (nSPS) is 10.2. The maximum absolute atomic E-state index is 12.3. The van der Waals surface area contributed by atoms with Crippen LogP contribution in [0.5, 0.6) is 0 Å². The third kappa shape index (κ3) is 4.09. The highest BCUT2D eigenvalue weighted by atomic mass is 16.1. The zero-order valence-corrected chi connectivity index (χ0v) is 12.6. The van der Waals surface area contributed by atoms with Gasteiger partial charge in [0.05, 0.1) is 0 Å². The van der Waals surface area contributed by atoms with Crippen molar-refractivity contribution in [1.29, 1.82) is 0 Å². The highest BCUT2D eigenvalue weighted by molar-refractivity contribution is 6.04. The number of rotatable bonds is 6. The molecular weight excluding hydrogens is 260 g/mol. The van der Waals surface area contributed by atoms with E-state index in [0.717, 1.165) is 30.8 Å². The van der Waals surface area contributed by atoms with Crippen molar-refractivity contribution in [3.8, 4) is 0 Å². The first-order valence-corrected chi connectivity index (χ1v) is 7.47. The maximum Gasteiger partial charge on any atom is 0.255 e. The standard InChI is InChI=1S/C18H22N2O/c1-3-7-14-8-5-6-9-17(14)20-18(21)15-10-12-16(13-11-15)19-4-2/h5-6,8-13,19H,3-4,7H2,1-2H3,(H,20,21). The van der Waals surface area contributed by atoms with Crippen LogP contribution in [0.1, 0.15) is 36.2 Å². The highest BCUT2D eigenvalue weighted by Gasteiger charge is 2.08. The summed E-state index contributed by atoms with van der Waals surface area (Å²) in [5.41, 5.74) is 3.78. The van der Waals surface area contributed by atoms with Crippen LogP contribution in [-0.4, -0.2) is 12.5 Å². The molecule has 0 saturated heterocycles. The van der Waals surface area contributed by atoms with E-state index in [1.165, 1.54) is 5.56 Å². The molecule has 3 heteroatoms. The maximum atomic E-state index is 12.3. The van der Waals surface area contributed by atoms with E-state index in [1.807, 2.05) is 49.4 Å². The monoisotopic (exact) mass is 282 g/mol. The molecule has 2 rings (SSSR count). The number of benzene rings is 2. The summed E-state index contributed by atoms with van der Waals surface area (Å²) in [6.45, 7) is 5.05. The fraction of sp³-hybridized carbons (Fsp3) is 0.278. The summed E-state index contributed by atoms with van der Waals surface area (Å²) in [7, 11) is 0. The minimum atomic E-state index is -0.0680. The van der Waals surface area contributed by atoms with E-state index in [1.54, 1.807) is 0 Å². The van der Waals surface area contributed by atoms with Gasteiger partial charge in [-0.1, -0.05) is 31.5 Å². The van der Waals surface area contributed by atoms with Gasteiger partial charge in [-0.25, -0.2) is 0 Å². The van der Waals surface area contributed by atoms with Gasteiger partial charge < -0.3 is 10.6 Å². The van der Waals surface area contributed by atoms with Crippen molar-refractivity contribution in [3.63, 3.8) is 0 Å². The fourth-order valence-electron chi connectivity index (χ4n) is 2.27. The molecule has 0 fully saturated rings. The number of para-hydroxylation sites is 1. The minimum absolute atomic E-state index is 0.0680. The fourth-order valence-corrected chi connectivity index (χ4v) is 2.27. The highest BCUT2D eigenvalue weighted by Crippen LogP contribution is 2.18. The van der Waals surface area contributed by atoms with Crippen molar-refractivity contribution in [3.05, 3.63) is 59.7 Å². The average Bonchev–Trinajstić information content (AvgIpc) is 2.50. The number of amides is 1. The Balaban J connectivity index is 2.10. The predicted molar refractivity (Wildman–Crippen MR) is 89.0 cm³/mol. The molecule has 2 N–H and O–H groups in total. The van der Waals surface area contributed by atoms with Crippen molar-refractivity contribution in [2.24, 2.45) is 0 Å². The van der Waals surface area contributed by atoms with Gasteiger partial charge in [0.25, 0.3) is 5.91 Å². The summed E-state index contributed by atoms with van der Waals surface area (Å²) in [6, 6.07) is 15.5. The third-order valence-electron chi connectivity index (χ3n) is 3.31. The van der Waals surface area contributed by atoms with Crippen LogP contribution in [0.2, 0.25) is 0 Å². The van der Waals surface area contributed by atoms with Gasteiger partial charge in [0, 0.05) is 23.5 Å². The zero-order valence-electron chi connectivity index (χ0n) is 12.6. The van der Waals surface area contributed by atoms with Gasteiger partial charge in [0.1, 0.15) is 0 Å². The van der Waals surface area contributed by atoms with Crippen LogP contribution in [0.3, 0.4) is 0 Å². The van der Waals surface area contributed by atoms with Crippen LogP contribution in [0, 0.1) is 0 Å². The number of hydrogen-bond acceptors (Lipinski definition) is 2.